The quantitative estimate of drug-likeness (QED) is 0.787. The van der Waals surface area contributed by atoms with Crippen LogP contribution in [0, 0.1) is 5.92 Å². The zero-order chi connectivity index (χ0) is 14.5. The molecule has 1 rings (SSSR count). The third-order valence-electron chi connectivity index (χ3n) is 2.40. The average molecular weight is 287 g/mol. The molecule has 0 saturated carbocycles. The fraction of sp³-hybridized carbons (Fsp3) is 0.583. The van der Waals surface area contributed by atoms with Gasteiger partial charge in [0.15, 0.2) is 0 Å². The third kappa shape index (κ3) is 7.09. The average Bonchev–Trinajstić information content (AvgIpc) is 2.24. The van der Waals surface area contributed by atoms with E-state index >= 15 is 0 Å². The Hall–Kier alpha value is -1.18. The zero-order valence-corrected chi connectivity index (χ0v) is 12.3. The van der Waals surface area contributed by atoms with E-state index in [0.29, 0.717) is 11.8 Å². The minimum atomic E-state index is -3.69. The predicted molar refractivity (Wildman–Crippen MR) is 73.7 cm³/mol. The van der Waals surface area contributed by atoms with Crippen LogP contribution in [-0.2, 0) is 16.8 Å². The van der Waals surface area contributed by atoms with Gasteiger partial charge in [0.1, 0.15) is 0 Å². The van der Waals surface area contributed by atoms with Crippen LogP contribution >= 0.6 is 0 Å². The largest absolute Gasteiger partial charge is 0.475 e. The molecule has 0 amide bonds. The highest BCUT2D eigenvalue weighted by Gasteiger charge is 2.08. The standard InChI is InChI=1S/C12H21N3O3S/c1-9(2)6-10(3)18-12-7-11(4-5-14-12)8-15-19(13,16)17/h4-5,7,9-10,15H,6,8H2,1-3H3,(H2,13,16,17). The minimum absolute atomic E-state index is 0.0638. The number of rotatable bonds is 7. The molecule has 0 saturated heterocycles. The van der Waals surface area contributed by atoms with Gasteiger partial charge in [-0.15, -0.1) is 0 Å². The number of aromatic nitrogens is 1. The normalized spacial score (nSPS) is 13.5. The van der Waals surface area contributed by atoms with Crippen molar-refractivity contribution >= 4 is 10.2 Å². The van der Waals surface area contributed by atoms with Gasteiger partial charge in [-0.2, -0.15) is 13.1 Å². The number of nitrogens with two attached hydrogens (primary N) is 1. The van der Waals surface area contributed by atoms with Gasteiger partial charge < -0.3 is 4.74 Å². The molecule has 0 aromatic carbocycles. The lowest BCUT2D eigenvalue weighted by Gasteiger charge is -2.16. The Balaban J connectivity index is 2.61. The van der Waals surface area contributed by atoms with E-state index in [1.54, 1.807) is 18.3 Å². The third-order valence-corrected chi connectivity index (χ3v) is 2.95. The topological polar surface area (TPSA) is 94.3 Å². The lowest BCUT2D eigenvalue weighted by Crippen LogP contribution is -2.30. The van der Waals surface area contributed by atoms with E-state index in [1.165, 1.54) is 0 Å². The van der Waals surface area contributed by atoms with Crippen LogP contribution in [0.4, 0.5) is 0 Å². The highest BCUT2D eigenvalue weighted by Crippen LogP contribution is 2.14. The van der Waals surface area contributed by atoms with E-state index in [4.69, 9.17) is 9.88 Å². The van der Waals surface area contributed by atoms with Crippen molar-refractivity contribution in [1.82, 2.24) is 9.71 Å². The van der Waals surface area contributed by atoms with E-state index in [0.717, 1.165) is 12.0 Å². The second kappa shape index (κ2) is 6.83. The summed E-state index contributed by atoms with van der Waals surface area (Å²) >= 11 is 0. The molecule has 1 atom stereocenters. The molecule has 0 aliphatic carbocycles. The molecule has 108 valence electrons. The molecule has 3 N–H and O–H groups in total. The van der Waals surface area contributed by atoms with Crippen LogP contribution in [0.5, 0.6) is 5.88 Å². The molecule has 1 aromatic rings. The molecule has 1 unspecified atom stereocenters. The fourth-order valence-corrected chi connectivity index (χ4v) is 2.09. The second-order valence-corrected chi connectivity index (χ2v) is 6.31. The van der Waals surface area contributed by atoms with Crippen molar-refractivity contribution in [2.24, 2.45) is 11.1 Å². The van der Waals surface area contributed by atoms with Crippen molar-refractivity contribution in [3.8, 4) is 5.88 Å². The minimum Gasteiger partial charge on any atom is -0.475 e. The summed E-state index contributed by atoms with van der Waals surface area (Å²) in [4.78, 5) is 4.10. The summed E-state index contributed by atoms with van der Waals surface area (Å²) < 4.78 is 29.5. The van der Waals surface area contributed by atoms with Crippen LogP contribution in [0.3, 0.4) is 0 Å². The van der Waals surface area contributed by atoms with E-state index in [2.05, 4.69) is 23.6 Å². The summed E-state index contributed by atoms with van der Waals surface area (Å²) in [6.45, 7) is 6.35. The number of nitrogens with one attached hydrogen (secondary N) is 1. The van der Waals surface area contributed by atoms with Crippen molar-refractivity contribution in [2.75, 3.05) is 0 Å². The summed E-state index contributed by atoms with van der Waals surface area (Å²) in [5, 5.41) is 4.87. The zero-order valence-electron chi connectivity index (χ0n) is 11.5. The van der Waals surface area contributed by atoms with Crippen molar-refractivity contribution in [3.05, 3.63) is 23.9 Å². The first-order valence-corrected chi connectivity index (χ1v) is 7.70. The van der Waals surface area contributed by atoms with Gasteiger partial charge in [0.25, 0.3) is 10.2 Å². The van der Waals surface area contributed by atoms with Crippen LogP contribution in [0.1, 0.15) is 32.8 Å². The van der Waals surface area contributed by atoms with Gasteiger partial charge in [-0.25, -0.2) is 10.1 Å². The molecular formula is C12H21N3O3S. The Bertz CT molecular complexity index is 503. The summed E-state index contributed by atoms with van der Waals surface area (Å²) in [6.07, 6.45) is 2.58. The first kappa shape index (κ1) is 15.9. The maximum atomic E-state index is 10.8. The summed E-state index contributed by atoms with van der Waals surface area (Å²) in [5.41, 5.74) is 0.746. The van der Waals surface area contributed by atoms with Gasteiger partial charge in [-0.1, -0.05) is 13.8 Å². The maximum absolute atomic E-state index is 10.8. The van der Waals surface area contributed by atoms with Crippen molar-refractivity contribution in [3.63, 3.8) is 0 Å². The van der Waals surface area contributed by atoms with E-state index in [1.807, 2.05) is 6.92 Å². The molecule has 0 aliphatic heterocycles. The number of hydrogen-bond donors (Lipinski definition) is 2. The van der Waals surface area contributed by atoms with Gasteiger partial charge in [-0.05, 0) is 30.9 Å². The molecule has 1 heterocycles. The molecule has 0 bridgehead atoms. The lowest BCUT2D eigenvalue weighted by molar-refractivity contribution is 0.185. The number of hydrogen-bond acceptors (Lipinski definition) is 4. The Morgan fingerprint density at radius 2 is 2.11 bits per heavy atom. The van der Waals surface area contributed by atoms with Crippen LogP contribution in [0.25, 0.3) is 0 Å². The van der Waals surface area contributed by atoms with Crippen molar-refractivity contribution < 1.29 is 13.2 Å². The van der Waals surface area contributed by atoms with E-state index < -0.39 is 10.2 Å². The summed E-state index contributed by atoms with van der Waals surface area (Å²) in [5.74, 6) is 1.03. The Kier molecular flexibility index (Phi) is 5.71. The lowest BCUT2D eigenvalue weighted by atomic mass is 10.1. The van der Waals surface area contributed by atoms with Crippen LogP contribution < -0.4 is 14.6 Å². The summed E-state index contributed by atoms with van der Waals surface area (Å²) in [7, 11) is -3.69. The SMILES string of the molecule is CC(C)CC(C)Oc1cc(CNS(N)(=O)=O)ccn1. The van der Waals surface area contributed by atoms with Crippen molar-refractivity contribution in [1.29, 1.82) is 0 Å². The molecular weight excluding hydrogens is 266 g/mol. The number of pyridine rings is 1. The summed E-state index contributed by atoms with van der Waals surface area (Å²) in [6, 6.07) is 3.41. The van der Waals surface area contributed by atoms with Gasteiger partial charge in [-0.3, -0.25) is 0 Å². The molecule has 6 nitrogen and oxygen atoms in total. The van der Waals surface area contributed by atoms with Gasteiger partial charge >= 0.3 is 0 Å². The molecule has 0 fully saturated rings. The fourth-order valence-electron chi connectivity index (χ4n) is 1.73. The molecule has 1 aromatic heterocycles. The number of ether oxygens (including phenoxy) is 1. The Labute approximate surface area is 114 Å². The first-order valence-electron chi connectivity index (χ1n) is 6.15. The Morgan fingerprint density at radius 3 is 2.68 bits per heavy atom. The smallest absolute Gasteiger partial charge is 0.274 e. The highest BCUT2D eigenvalue weighted by atomic mass is 32.2. The molecule has 0 aliphatic rings. The van der Waals surface area contributed by atoms with Gasteiger partial charge in [0.05, 0.1) is 6.10 Å². The van der Waals surface area contributed by atoms with E-state index in [-0.39, 0.29) is 12.6 Å². The van der Waals surface area contributed by atoms with Gasteiger partial charge in [0.2, 0.25) is 5.88 Å². The monoisotopic (exact) mass is 287 g/mol. The number of nitrogens with zero attached hydrogens (tertiary/aromatic N) is 1. The van der Waals surface area contributed by atoms with Crippen LogP contribution in [0.15, 0.2) is 18.3 Å². The molecule has 0 radical (unpaired) electrons. The first-order chi connectivity index (χ1) is 8.76. The molecule has 7 heteroatoms. The van der Waals surface area contributed by atoms with Crippen molar-refractivity contribution in [2.45, 2.75) is 39.8 Å². The molecule has 19 heavy (non-hydrogen) atoms. The van der Waals surface area contributed by atoms with Gasteiger partial charge in [0, 0.05) is 18.8 Å². The predicted octanol–water partition coefficient (Wildman–Crippen LogP) is 1.19. The molecule has 0 spiro atoms. The second-order valence-electron chi connectivity index (χ2n) is 4.93. The maximum Gasteiger partial charge on any atom is 0.274 e. The van der Waals surface area contributed by atoms with Crippen LogP contribution in [0.2, 0.25) is 0 Å². The van der Waals surface area contributed by atoms with E-state index in [9.17, 15) is 8.42 Å². The van der Waals surface area contributed by atoms with Crippen LogP contribution in [-0.4, -0.2) is 19.5 Å². The highest BCUT2D eigenvalue weighted by molar-refractivity contribution is 7.87. The Morgan fingerprint density at radius 1 is 1.42 bits per heavy atom.